The van der Waals surface area contributed by atoms with Crippen molar-refractivity contribution in [3.8, 4) is 0 Å². The molecule has 0 radical (unpaired) electrons. The number of nitrogens with zero attached hydrogens (tertiary/aromatic N) is 1. The highest BCUT2D eigenvalue weighted by atomic mass is 16.5. The summed E-state index contributed by atoms with van der Waals surface area (Å²) in [4.78, 5) is 2.51. The van der Waals surface area contributed by atoms with Crippen molar-refractivity contribution in [2.24, 2.45) is 0 Å². The van der Waals surface area contributed by atoms with E-state index < -0.39 is 0 Å². The van der Waals surface area contributed by atoms with E-state index in [1.807, 2.05) is 0 Å². The SMILES string of the molecule is COCCCN1CCC(OC(C)C)CC1. The highest BCUT2D eigenvalue weighted by molar-refractivity contribution is 4.72. The van der Waals surface area contributed by atoms with Gasteiger partial charge in [0.15, 0.2) is 0 Å². The van der Waals surface area contributed by atoms with Gasteiger partial charge in [0.2, 0.25) is 0 Å². The van der Waals surface area contributed by atoms with E-state index in [4.69, 9.17) is 9.47 Å². The number of rotatable bonds is 6. The fraction of sp³-hybridized carbons (Fsp3) is 1.00. The van der Waals surface area contributed by atoms with Gasteiger partial charge in [-0.2, -0.15) is 0 Å². The first-order chi connectivity index (χ1) is 7.22. The number of hydrogen-bond acceptors (Lipinski definition) is 3. The second-order valence-corrected chi connectivity index (χ2v) is 4.57. The lowest BCUT2D eigenvalue weighted by Gasteiger charge is -2.32. The van der Waals surface area contributed by atoms with Crippen LogP contribution in [-0.2, 0) is 9.47 Å². The van der Waals surface area contributed by atoms with Gasteiger partial charge < -0.3 is 14.4 Å². The maximum atomic E-state index is 5.81. The fourth-order valence-corrected chi connectivity index (χ4v) is 2.09. The van der Waals surface area contributed by atoms with Crippen molar-refractivity contribution >= 4 is 0 Å². The number of methoxy groups -OCH3 is 1. The average molecular weight is 215 g/mol. The van der Waals surface area contributed by atoms with Crippen molar-refractivity contribution in [1.82, 2.24) is 4.90 Å². The molecule has 0 N–H and O–H groups in total. The van der Waals surface area contributed by atoms with Gasteiger partial charge in [0, 0.05) is 33.4 Å². The van der Waals surface area contributed by atoms with Crippen molar-refractivity contribution in [2.75, 3.05) is 33.4 Å². The molecule has 1 saturated heterocycles. The molecule has 0 atom stereocenters. The van der Waals surface area contributed by atoms with E-state index in [-0.39, 0.29) is 0 Å². The lowest BCUT2D eigenvalue weighted by atomic mass is 10.1. The average Bonchev–Trinajstić information content (AvgIpc) is 2.20. The molecule has 1 rings (SSSR count). The molecular weight excluding hydrogens is 190 g/mol. The summed E-state index contributed by atoms with van der Waals surface area (Å²) < 4.78 is 10.9. The normalized spacial score (nSPS) is 20.0. The van der Waals surface area contributed by atoms with Crippen LogP contribution in [0.1, 0.15) is 33.1 Å². The van der Waals surface area contributed by atoms with Crippen molar-refractivity contribution < 1.29 is 9.47 Å². The maximum Gasteiger partial charge on any atom is 0.0603 e. The first kappa shape index (κ1) is 12.9. The molecule has 1 aliphatic rings. The van der Waals surface area contributed by atoms with Gasteiger partial charge in [-0.3, -0.25) is 0 Å². The molecule has 3 nitrogen and oxygen atoms in total. The quantitative estimate of drug-likeness (QED) is 0.632. The molecule has 90 valence electrons. The minimum absolute atomic E-state index is 0.370. The molecule has 15 heavy (non-hydrogen) atoms. The Hall–Kier alpha value is -0.120. The molecule has 1 fully saturated rings. The highest BCUT2D eigenvalue weighted by Gasteiger charge is 2.19. The van der Waals surface area contributed by atoms with Gasteiger partial charge >= 0.3 is 0 Å². The smallest absolute Gasteiger partial charge is 0.0603 e. The van der Waals surface area contributed by atoms with Crippen LogP contribution in [0.25, 0.3) is 0 Å². The predicted molar refractivity (Wildman–Crippen MR) is 62.2 cm³/mol. The molecule has 0 unspecified atom stereocenters. The van der Waals surface area contributed by atoms with Crippen LogP contribution < -0.4 is 0 Å². The Bertz CT molecular complexity index is 154. The number of likely N-dealkylation sites (tertiary alicyclic amines) is 1. The first-order valence-electron chi connectivity index (χ1n) is 6.09. The summed E-state index contributed by atoms with van der Waals surface area (Å²) >= 11 is 0. The van der Waals surface area contributed by atoms with E-state index >= 15 is 0 Å². The Balaban J connectivity index is 2.07. The van der Waals surface area contributed by atoms with Crippen LogP contribution in [-0.4, -0.2) is 50.5 Å². The lowest BCUT2D eigenvalue weighted by molar-refractivity contribution is -0.0274. The van der Waals surface area contributed by atoms with Crippen LogP contribution >= 0.6 is 0 Å². The molecule has 0 aliphatic carbocycles. The lowest BCUT2D eigenvalue weighted by Crippen LogP contribution is -2.38. The summed E-state index contributed by atoms with van der Waals surface area (Å²) in [5.74, 6) is 0. The molecule has 1 heterocycles. The summed E-state index contributed by atoms with van der Waals surface area (Å²) in [7, 11) is 1.77. The van der Waals surface area contributed by atoms with E-state index in [9.17, 15) is 0 Å². The molecule has 0 bridgehead atoms. The van der Waals surface area contributed by atoms with Crippen LogP contribution in [0.2, 0.25) is 0 Å². The van der Waals surface area contributed by atoms with Crippen LogP contribution in [0.5, 0.6) is 0 Å². The van der Waals surface area contributed by atoms with E-state index in [1.54, 1.807) is 7.11 Å². The minimum Gasteiger partial charge on any atom is -0.385 e. The second kappa shape index (κ2) is 7.20. The van der Waals surface area contributed by atoms with Gasteiger partial charge in [0.1, 0.15) is 0 Å². The summed E-state index contributed by atoms with van der Waals surface area (Å²) in [6.07, 6.45) is 4.38. The summed E-state index contributed by atoms with van der Waals surface area (Å²) in [6.45, 7) is 8.64. The molecule has 0 aromatic carbocycles. The number of hydrogen-bond donors (Lipinski definition) is 0. The van der Waals surface area contributed by atoms with Crippen LogP contribution in [0.3, 0.4) is 0 Å². The summed E-state index contributed by atoms with van der Waals surface area (Å²) in [5.41, 5.74) is 0. The fourth-order valence-electron chi connectivity index (χ4n) is 2.09. The zero-order valence-corrected chi connectivity index (χ0v) is 10.4. The van der Waals surface area contributed by atoms with Gasteiger partial charge in [-0.1, -0.05) is 0 Å². The Kier molecular flexibility index (Phi) is 6.22. The summed E-state index contributed by atoms with van der Waals surface area (Å²) in [5, 5.41) is 0. The van der Waals surface area contributed by atoms with Crippen LogP contribution in [0.4, 0.5) is 0 Å². The highest BCUT2D eigenvalue weighted by Crippen LogP contribution is 2.15. The molecule has 0 amide bonds. The summed E-state index contributed by atoms with van der Waals surface area (Å²) in [6, 6.07) is 0. The van der Waals surface area contributed by atoms with Gasteiger partial charge in [-0.05, 0) is 33.1 Å². The molecule has 1 aliphatic heterocycles. The van der Waals surface area contributed by atoms with E-state index in [0.717, 1.165) is 13.0 Å². The van der Waals surface area contributed by atoms with E-state index in [1.165, 1.54) is 32.5 Å². The predicted octanol–water partition coefficient (Wildman–Crippen LogP) is 1.91. The van der Waals surface area contributed by atoms with E-state index in [0.29, 0.717) is 12.2 Å². The molecule has 0 aromatic rings. The van der Waals surface area contributed by atoms with E-state index in [2.05, 4.69) is 18.7 Å². The first-order valence-corrected chi connectivity index (χ1v) is 6.09. The van der Waals surface area contributed by atoms with Crippen molar-refractivity contribution in [3.63, 3.8) is 0 Å². The van der Waals surface area contributed by atoms with Gasteiger partial charge in [0.05, 0.1) is 12.2 Å². The standard InChI is InChI=1S/C12H25NO2/c1-11(2)15-12-5-8-13(9-6-12)7-4-10-14-3/h11-12H,4-10H2,1-3H3. The molecule has 0 spiro atoms. The molecule has 0 aromatic heterocycles. The topological polar surface area (TPSA) is 21.7 Å². The Morgan fingerprint density at radius 1 is 1.27 bits per heavy atom. The van der Waals surface area contributed by atoms with Gasteiger partial charge in [-0.15, -0.1) is 0 Å². The van der Waals surface area contributed by atoms with Crippen molar-refractivity contribution in [3.05, 3.63) is 0 Å². The van der Waals surface area contributed by atoms with Gasteiger partial charge in [0.25, 0.3) is 0 Å². The molecular formula is C12H25NO2. The number of piperidine rings is 1. The maximum absolute atomic E-state index is 5.81. The minimum atomic E-state index is 0.370. The largest absolute Gasteiger partial charge is 0.385 e. The van der Waals surface area contributed by atoms with Crippen molar-refractivity contribution in [1.29, 1.82) is 0 Å². The second-order valence-electron chi connectivity index (χ2n) is 4.57. The third-order valence-corrected chi connectivity index (χ3v) is 2.82. The third-order valence-electron chi connectivity index (χ3n) is 2.82. The third kappa shape index (κ3) is 5.50. The van der Waals surface area contributed by atoms with Gasteiger partial charge in [-0.25, -0.2) is 0 Å². The Morgan fingerprint density at radius 2 is 1.93 bits per heavy atom. The van der Waals surface area contributed by atoms with Crippen LogP contribution in [0.15, 0.2) is 0 Å². The Labute approximate surface area is 93.7 Å². The number of ether oxygens (including phenoxy) is 2. The Morgan fingerprint density at radius 3 is 2.47 bits per heavy atom. The van der Waals surface area contributed by atoms with Crippen LogP contribution in [0, 0.1) is 0 Å². The molecule has 0 saturated carbocycles. The van der Waals surface area contributed by atoms with Crippen molar-refractivity contribution in [2.45, 2.75) is 45.3 Å². The zero-order chi connectivity index (χ0) is 11.1. The zero-order valence-electron chi connectivity index (χ0n) is 10.4. The molecule has 3 heteroatoms. The monoisotopic (exact) mass is 215 g/mol.